The number of anilines is 1. The third kappa shape index (κ3) is 3.78. The van der Waals surface area contributed by atoms with Crippen molar-refractivity contribution < 1.29 is 18.0 Å². The number of fused-ring (bicyclic) bond motifs is 1. The van der Waals surface area contributed by atoms with E-state index < -0.39 is 23.3 Å². The molecule has 1 amide bonds. The van der Waals surface area contributed by atoms with Crippen LogP contribution >= 0.6 is 22.9 Å². The molecule has 0 saturated carbocycles. The lowest BCUT2D eigenvalue weighted by molar-refractivity contribution is -0.143. The summed E-state index contributed by atoms with van der Waals surface area (Å²) in [7, 11) is 0. The Kier molecular flexibility index (Phi) is 5.29. The first kappa shape index (κ1) is 22.0. The number of carbonyl (C=O) groups excluding carboxylic acids is 1. The molecule has 0 aliphatic carbocycles. The number of aromatic nitrogens is 7. The number of thiophene rings is 1. The predicted octanol–water partition coefficient (Wildman–Crippen LogP) is 4.69. The number of alkyl halides is 3. The van der Waals surface area contributed by atoms with E-state index in [-0.39, 0.29) is 22.2 Å². The zero-order chi connectivity index (χ0) is 24.0. The Morgan fingerprint density at radius 3 is 2.65 bits per heavy atom. The molecule has 0 aromatic carbocycles. The number of amides is 1. The van der Waals surface area contributed by atoms with Crippen molar-refractivity contribution in [1.82, 2.24) is 34.7 Å². The van der Waals surface area contributed by atoms with Gasteiger partial charge in [-0.15, -0.1) is 16.1 Å². The average Bonchev–Trinajstić information content (AvgIpc) is 3.55. The highest BCUT2D eigenvalue weighted by Gasteiger charge is 2.41. The Morgan fingerprint density at radius 2 is 1.91 bits per heavy atom. The number of nitrogens with one attached hydrogen (secondary N) is 1. The van der Waals surface area contributed by atoms with Gasteiger partial charge in [-0.2, -0.15) is 28.5 Å². The molecule has 0 radical (unpaired) electrons. The van der Waals surface area contributed by atoms with Gasteiger partial charge in [-0.25, -0.2) is 9.67 Å². The van der Waals surface area contributed by atoms with E-state index in [2.05, 4.69) is 30.6 Å². The van der Waals surface area contributed by atoms with Crippen molar-refractivity contribution in [3.8, 4) is 11.5 Å². The van der Waals surface area contributed by atoms with Crippen molar-refractivity contribution in [2.24, 2.45) is 0 Å². The molecule has 172 valence electrons. The Labute approximate surface area is 197 Å². The lowest BCUT2D eigenvalue weighted by Crippen LogP contribution is -2.21. The molecular formula is C20H12ClF3N8OS. The minimum absolute atomic E-state index is 0.0963. The fraction of sp³-hybridized carbons (Fsp3) is 0.100. The zero-order valence-electron chi connectivity index (χ0n) is 17.1. The van der Waals surface area contributed by atoms with Crippen LogP contribution in [0.5, 0.6) is 0 Å². The molecule has 0 unspecified atom stereocenters. The van der Waals surface area contributed by atoms with Gasteiger partial charge in [0.15, 0.2) is 11.5 Å². The van der Waals surface area contributed by atoms with E-state index in [1.807, 2.05) is 0 Å². The molecule has 0 aliphatic heterocycles. The van der Waals surface area contributed by atoms with E-state index in [1.54, 1.807) is 24.6 Å². The van der Waals surface area contributed by atoms with E-state index in [0.29, 0.717) is 20.5 Å². The van der Waals surface area contributed by atoms with Crippen molar-refractivity contribution in [2.45, 2.75) is 13.1 Å². The normalized spacial score (nSPS) is 11.8. The van der Waals surface area contributed by atoms with Crippen LogP contribution < -0.4 is 5.32 Å². The summed E-state index contributed by atoms with van der Waals surface area (Å²) < 4.78 is 43.7. The average molecular weight is 505 g/mol. The summed E-state index contributed by atoms with van der Waals surface area (Å²) in [4.78, 5) is 22.4. The lowest BCUT2D eigenvalue weighted by Gasteiger charge is -2.14. The molecule has 34 heavy (non-hydrogen) atoms. The number of rotatable bonds is 4. The van der Waals surface area contributed by atoms with E-state index in [4.69, 9.17) is 11.6 Å². The molecule has 14 heteroatoms. The second-order valence-electron chi connectivity index (χ2n) is 7.01. The second kappa shape index (κ2) is 8.18. The second-order valence-corrected chi connectivity index (χ2v) is 8.36. The molecule has 5 rings (SSSR count). The number of pyridine rings is 2. The monoisotopic (exact) mass is 504 g/mol. The quantitative estimate of drug-likeness (QED) is 0.381. The van der Waals surface area contributed by atoms with Gasteiger partial charge in [-0.05, 0) is 24.4 Å². The summed E-state index contributed by atoms with van der Waals surface area (Å²) in [6.45, 7) is 1.57. The first-order valence-electron chi connectivity index (χ1n) is 9.56. The maximum atomic E-state index is 14.1. The third-order valence-corrected chi connectivity index (χ3v) is 6.00. The molecule has 0 fully saturated rings. The van der Waals surface area contributed by atoms with Crippen LogP contribution in [0.4, 0.5) is 18.9 Å². The van der Waals surface area contributed by atoms with Crippen LogP contribution in [0.1, 0.15) is 21.7 Å². The van der Waals surface area contributed by atoms with Crippen LogP contribution in [-0.4, -0.2) is 40.6 Å². The number of halogens is 4. The van der Waals surface area contributed by atoms with E-state index in [0.717, 1.165) is 6.20 Å². The maximum absolute atomic E-state index is 14.1. The van der Waals surface area contributed by atoms with Gasteiger partial charge in [-0.1, -0.05) is 11.6 Å². The van der Waals surface area contributed by atoms with Crippen molar-refractivity contribution in [1.29, 1.82) is 0 Å². The third-order valence-electron chi connectivity index (χ3n) is 4.87. The molecule has 5 heterocycles. The summed E-state index contributed by atoms with van der Waals surface area (Å²) in [6.07, 6.45) is 1.69. The molecule has 0 atom stereocenters. The topological polar surface area (TPSA) is 103 Å². The predicted molar refractivity (Wildman–Crippen MR) is 119 cm³/mol. The van der Waals surface area contributed by atoms with Crippen molar-refractivity contribution in [3.63, 3.8) is 0 Å². The zero-order valence-corrected chi connectivity index (χ0v) is 18.7. The molecule has 0 saturated heterocycles. The maximum Gasteiger partial charge on any atom is 0.434 e. The summed E-state index contributed by atoms with van der Waals surface area (Å²) in [5, 5.41) is 16.6. The number of carbonyl (C=O) groups is 1. The molecule has 0 aliphatic rings. The number of nitrogens with zero attached hydrogens (tertiary/aromatic N) is 7. The van der Waals surface area contributed by atoms with Crippen LogP contribution in [0.2, 0.25) is 5.02 Å². The first-order valence-corrected chi connectivity index (χ1v) is 10.8. The van der Waals surface area contributed by atoms with Crippen molar-refractivity contribution >= 4 is 44.6 Å². The van der Waals surface area contributed by atoms with Gasteiger partial charge in [0.05, 0.1) is 57.1 Å². The van der Waals surface area contributed by atoms with Crippen LogP contribution in [0, 0.1) is 6.92 Å². The highest BCUT2D eigenvalue weighted by Crippen LogP contribution is 2.36. The number of aryl methyl sites for hydroxylation is 1. The van der Waals surface area contributed by atoms with Gasteiger partial charge in [0.2, 0.25) is 0 Å². The Balaban J connectivity index is 1.54. The van der Waals surface area contributed by atoms with Gasteiger partial charge in [0, 0.05) is 11.6 Å². The smallest absolute Gasteiger partial charge is 0.320 e. The Hall–Kier alpha value is -3.84. The Bertz CT molecular complexity index is 1530. The molecule has 1 N–H and O–H groups in total. The molecule has 5 aromatic rings. The summed E-state index contributed by atoms with van der Waals surface area (Å²) in [5.74, 6) is -0.808. The first-order chi connectivity index (χ1) is 16.2. The van der Waals surface area contributed by atoms with Gasteiger partial charge in [-0.3, -0.25) is 9.78 Å². The molecular weight excluding hydrogens is 493 g/mol. The van der Waals surface area contributed by atoms with Crippen LogP contribution in [0.25, 0.3) is 21.6 Å². The van der Waals surface area contributed by atoms with E-state index >= 15 is 0 Å². The van der Waals surface area contributed by atoms with Crippen LogP contribution in [-0.2, 0) is 6.18 Å². The van der Waals surface area contributed by atoms with Gasteiger partial charge < -0.3 is 5.32 Å². The SMILES string of the molecule is Cc1nc(-n2nccn2)c(Cl)cc1NC(=O)c1cnn(-c2cncc3sccc23)c1C(F)(F)F. The van der Waals surface area contributed by atoms with Crippen molar-refractivity contribution in [2.75, 3.05) is 5.32 Å². The fourth-order valence-corrected chi connectivity index (χ4v) is 4.37. The highest BCUT2D eigenvalue weighted by atomic mass is 35.5. The standard InChI is InChI=1S/C20H12ClF3N8OS/c1-10-14(6-13(21)18(29-10)32-26-3-4-27-32)30-19(33)12-7-28-31(17(12)20(22,23)24)15-8-25-9-16-11(15)2-5-34-16/h2-9H,1H3,(H,30,33). The molecule has 5 aromatic heterocycles. The van der Waals surface area contributed by atoms with Gasteiger partial charge in [0.1, 0.15) is 0 Å². The van der Waals surface area contributed by atoms with E-state index in [1.165, 1.54) is 40.8 Å². The number of hydrogen-bond acceptors (Lipinski definition) is 7. The molecule has 9 nitrogen and oxygen atoms in total. The Morgan fingerprint density at radius 1 is 1.15 bits per heavy atom. The molecule has 0 bridgehead atoms. The van der Waals surface area contributed by atoms with Crippen molar-refractivity contribution in [3.05, 3.63) is 70.5 Å². The van der Waals surface area contributed by atoms with Crippen LogP contribution in [0.3, 0.4) is 0 Å². The summed E-state index contributed by atoms with van der Waals surface area (Å²) in [5.41, 5.74) is -1.33. The van der Waals surface area contributed by atoms with Gasteiger partial charge in [0.25, 0.3) is 5.91 Å². The fourth-order valence-electron chi connectivity index (χ4n) is 3.37. The minimum Gasteiger partial charge on any atom is -0.320 e. The van der Waals surface area contributed by atoms with Gasteiger partial charge >= 0.3 is 6.18 Å². The summed E-state index contributed by atoms with van der Waals surface area (Å²) >= 11 is 7.57. The largest absolute Gasteiger partial charge is 0.434 e. The van der Waals surface area contributed by atoms with E-state index in [9.17, 15) is 18.0 Å². The number of hydrogen-bond donors (Lipinski definition) is 1. The van der Waals surface area contributed by atoms with Crippen LogP contribution in [0.15, 0.2) is 48.5 Å². The molecule has 0 spiro atoms. The highest BCUT2D eigenvalue weighted by molar-refractivity contribution is 7.17. The lowest BCUT2D eigenvalue weighted by atomic mass is 10.2. The summed E-state index contributed by atoms with van der Waals surface area (Å²) in [6, 6.07) is 3.04. The minimum atomic E-state index is -4.87.